The van der Waals surface area contributed by atoms with Gasteiger partial charge in [0.15, 0.2) is 0 Å². The van der Waals surface area contributed by atoms with Crippen molar-refractivity contribution in [2.24, 2.45) is 0 Å². The Morgan fingerprint density at radius 3 is 3.12 bits per heavy atom. The van der Waals surface area contributed by atoms with Crippen LogP contribution in [0.2, 0.25) is 0 Å². The molecule has 2 aromatic rings. The molecule has 4 rings (SSSR count). The minimum absolute atomic E-state index is 0.000715. The van der Waals surface area contributed by atoms with Gasteiger partial charge in [-0.3, -0.25) is 9.78 Å². The lowest BCUT2D eigenvalue weighted by atomic mass is 10.0. The van der Waals surface area contributed by atoms with Crippen LogP contribution < -0.4 is 0 Å². The second-order valence-electron chi connectivity index (χ2n) is 6.60. The predicted molar refractivity (Wildman–Crippen MR) is 90.1 cm³/mol. The van der Waals surface area contributed by atoms with E-state index in [0.717, 1.165) is 25.0 Å². The topological polar surface area (TPSA) is 64.8 Å². The van der Waals surface area contributed by atoms with Gasteiger partial charge in [-0.15, -0.1) is 0 Å². The molecule has 0 aliphatic carbocycles. The van der Waals surface area contributed by atoms with Gasteiger partial charge < -0.3 is 18.8 Å². The molecule has 6 heteroatoms. The SMILES string of the molecule is Cc1occc1C(=O)N1C[C@@H](OCc2cccnc2)[C@H]2OCCC[C@@H]21. The zero-order valence-corrected chi connectivity index (χ0v) is 14.3. The molecular weight excluding hydrogens is 320 g/mol. The zero-order chi connectivity index (χ0) is 17.2. The zero-order valence-electron chi connectivity index (χ0n) is 14.3. The van der Waals surface area contributed by atoms with Crippen LogP contribution in [0, 0.1) is 6.92 Å². The summed E-state index contributed by atoms with van der Waals surface area (Å²) in [4.78, 5) is 19.0. The number of carbonyl (C=O) groups is 1. The van der Waals surface area contributed by atoms with Crippen LogP contribution in [0.4, 0.5) is 0 Å². The van der Waals surface area contributed by atoms with E-state index < -0.39 is 0 Å². The van der Waals surface area contributed by atoms with Gasteiger partial charge in [0, 0.05) is 19.0 Å². The van der Waals surface area contributed by atoms with Crippen LogP contribution in [0.5, 0.6) is 0 Å². The highest BCUT2D eigenvalue weighted by molar-refractivity contribution is 5.95. The van der Waals surface area contributed by atoms with E-state index >= 15 is 0 Å². The van der Waals surface area contributed by atoms with Gasteiger partial charge >= 0.3 is 0 Å². The normalized spacial score (nSPS) is 25.8. The number of likely N-dealkylation sites (tertiary alicyclic amines) is 1. The standard InChI is InChI=1S/C19H22N2O4/c1-13-15(6-9-23-13)19(22)21-11-17(18-16(21)5-3-8-24-18)25-12-14-4-2-7-20-10-14/h2,4,6-7,9-10,16-18H,3,5,8,11-12H2,1H3/t16-,17+,18-/m0/s1. The third kappa shape index (κ3) is 3.19. The van der Waals surface area contributed by atoms with Gasteiger partial charge in [0.1, 0.15) is 18.0 Å². The molecule has 0 radical (unpaired) electrons. The molecule has 1 amide bonds. The van der Waals surface area contributed by atoms with Crippen LogP contribution in [0.3, 0.4) is 0 Å². The first-order valence-corrected chi connectivity index (χ1v) is 8.71. The molecule has 2 aliphatic heterocycles. The summed E-state index contributed by atoms with van der Waals surface area (Å²) in [5.74, 6) is 0.650. The third-order valence-electron chi connectivity index (χ3n) is 5.01. The van der Waals surface area contributed by atoms with E-state index in [1.807, 2.05) is 24.0 Å². The van der Waals surface area contributed by atoms with Crippen LogP contribution in [-0.4, -0.2) is 47.2 Å². The highest BCUT2D eigenvalue weighted by atomic mass is 16.5. The lowest BCUT2D eigenvalue weighted by molar-refractivity contribution is -0.0810. The average Bonchev–Trinajstić information content (AvgIpc) is 3.24. The second-order valence-corrected chi connectivity index (χ2v) is 6.60. The predicted octanol–water partition coefficient (Wildman–Crippen LogP) is 2.57. The molecule has 0 bridgehead atoms. The van der Waals surface area contributed by atoms with Crippen LogP contribution in [-0.2, 0) is 16.1 Å². The molecular formula is C19H22N2O4. The van der Waals surface area contributed by atoms with E-state index in [1.165, 1.54) is 0 Å². The monoisotopic (exact) mass is 342 g/mol. The molecule has 132 valence electrons. The molecule has 3 atom stereocenters. The van der Waals surface area contributed by atoms with Crippen LogP contribution in [0.15, 0.2) is 41.3 Å². The molecule has 2 fully saturated rings. The number of hydrogen-bond acceptors (Lipinski definition) is 5. The molecule has 2 aliphatic rings. The molecule has 0 unspecified atom stereocenters. The number of hydrogen-bond donors (Lipinski definition) is 0. The van der Waals surface area contributed by atoms with E-state index in [4.69, 9.17) is 13.9 Å². The van der Waals surface area contributed by atoms with E-state index in [1.54, 1.807) is 24.7 Å². The van der Waals surface area contributed by atoms with Gasteiger partial charge in [-0.1, -0.05) is 6.07 Å². The smallest absolute Gasteiger partial charge is 0.257 e. The molecule has 0 N–H and O–H groups in total. The lowest BCUT2D eigenvalue weighted by Gasteiger charge is -2.32. The fourth-order valence-corrected chi connectivity index (χ4v) is 3.74. The van der Waals surface area contributed by atoms with Crippen molar-refractivity contribution in [1.29, 1.82) is 0 Å². The summed E-state index contributed by atoms with van der Waals surface area (Å²) in [5, 5.41) is 0. The van der Waals surface area contributed by atoms with E-state index in [9.17, 15) is 4.79 Å². The van der Waals surface area contributed by atoms with Crippen molar-refractivity contribution in [3.8, 4) is 0 Å². The van der Waals surface area contributed by atoms with E-state index in [2.05, 4.69) is 4.98 Å². The van der Waals surface area contributed by atoms with Crippen LogP contribution >= 0.6 is 0 Å². The fourth-order valence-electron chi connectivity index (χ4n) is 3.74. The van der Waals surface area contributed by atoms with Crippen molar-refractivity contribution in [2.75, 3.05) is 13.2 Å². The Morgan fingerprint density at radius 2 is 2.36 bits per heavy atom. The number of pyridine rings is 1. The summed E-state index contributed by atoms with van der Waals surface area (Å²) in [6.07, 6.45) is 6.82. The first kappa shape index (κ1) is 16.3. The number of carbonyl (C=O) groups excluding carboxylic acids is 1. The average molecular weight is 342 g/mol. The third-order valence-corrected chi connectivity index (χ3v) is 5.01. The highest BCUT2D eigenvalue weighted by Crippen LogP contribution is 2.32. The maximum Gasteiger partial charge on any atom is 0.257 e. The highest BCUT2D eigenvalue weighted by Gasteiger charge is 2.47. The molecule has 2 aromatic heterocycles. The molecule has 4 heterocycles. The van der Waals surface area contributed by atoms with Crippen LogP contribution in [0.1, 0.15) is 34.5 Å². The summed E-state index contributed by atoms with van der Waals surface area (Å²) >= 11 is 0. The number of rotatable bonds is 4. The molecule has 0 spiro atoms. The molecule has 25 heavy (non-hydrogen) atoms. The summed E-state index contributed by atoms with van der Waals surface area (Å²) < 4.78 is 17.4. The van der Waals surface area contributed by atoms with E-state index in [0.29, 0.717) is 24.5 Å². The van der Waals surface area contributed by atoms with Gasteiger partial charge in [-0.2, -0.15) is 0 Å². The Morgan fingerprint density at radius 1 is 1.44 bits per heavy atom. The van der Waals surface area contributed by atoms with E-state index in [-0.39, 0.29) is 24.2 Å². The number of nitrogens with zero attached hydrogens (tertiary/aromatic N) is 2. The number of amides is 1. The molecule has 2 saturated heterocycles. The fraction of sp³-hybridized carbons (Fsp3) is 0.474. The summed E-state index contributed by atoms with van der Waals surface area (Å²) in [5.41, 5.74) is 1.64. The number of ether oxygens (including phenoxy) is 2. The van der Waals surface area contributed by atoms with Gasteiger partial charge in [-0.25, -0.2) is 0 Å². The van der Waals surface area contributed by atoms with Crippen molar-refractivity contribution in [2.45, 2.75) is 44.6 Å². The summed E-state index contributed by atoms with van der Waals surface area (Å²) in [6, 6.07) is 5.68. The minimum Gasteiger partial charge on any atom is -0.469 e. The second kappa shape index (κ2) is 6.98. The number of aromatic nitrogens is 1. The summed E-state index contributed by atoms with van der Waals surface area (Å²) in [6.45, 7) is 3.55. The number of aryl methyl sites for hydroxylation is 1. The van der Waals surface area contributed by atoms with Gasteiger partial charge in [0.2, 0.25) is 0 Å². The van der Waals surface area contributed by atoms with Crippen molar-refractivity contribution in [1.82, 2.24) is 9.88 Å². The van der Waals surface area contributed by atoms with Crippen molar-refractivity contribution in [3.05, 3.63) is 53.7 Å². The molecule has 0 aromatic carbocycles. The van der Waals surface area contributed by atoms with Crippen molar-refractivity contribution < 1.29 is 18.7 Å². The first-order valence-electron chi connectivity index (χ1n) is 8.71. The summed E-state index contributed by atoms with van der Waals surface area (Å²) in [7, 11) is 0. The lowest BCUT2D eigenvalue weighted by Crippen LogP contribution is -2.43. The Hall–Kier alpha value is -2.18. The van der Waals surface area contributed by atoms with Gasteiger partial charge in [0.25, 0.3) is 5.91 Å². The number of fused-ring (bicyclic) bond motifs is 1. The maximum absolute atomic E-state index is 12.9. The minimum atomic E-state index is -0.123. The Labute approximate surface area is 146 Å². The molecule has 0 saturated carbocycles. The maximum atomic E-state index is 12.9. The van der Waals surface area contributed by atoms with Crippen molar-refractivity contribution >= 4 is 5.91 Å². The van der Waals surface area contributed by atoms with Gasteiger partial charge in [0.05, 0.1) is 31.0 Å². The Bertz CT molecular complexity index is 730. The largest absolute Gasteiger partial charge is 0.469 e. The molecule has 6 nitrogen and oxygen atoms in total. The number of furan rings is 1. The Balaban J connectivity index is 1.49. The van der Waals surface area contributed by atoms with Gasteiger partial charge in [-0.05, 0) is 37.5 Å². The van der Waals surface area contributed by atoms with Crippen LogP contribution in [0.25, 0.3) is 0 Å². The Kier molecular flexibility index (Phi) is 4.55. The first-order chi connectivity index (χ1) is 12.2. The quantitative estimate of drug-likeness (QED) is 0.854. The van der Waals surface area contributed by atoms with Crippen molar-refractivity contribution in [3.63, 3.8) is 0 Å².